The molecule has 1 aliphatic heterocycles. The van der Waals surface area contributed by atoms with Crippen molar-refractivity contribution in [2.24, 2.45) is 16.2 Å². The van der Waals surface area contributed by atoms with Crippen molar-refractivity contribution in [2.45, 2.75) is 118 Å². The van der Waals surface area contributed by atoms with Gasteiger partial charge >= 0.3 is 36.0 Å². The summed E-state index contributed by atoms with van der Waals surface area (Å²) in [5.74, 6) is -2.62. The first-order valence-corrected chi connectivity index (χ1v) is 21.1. The second-order valence-corrected chi connectivity index (χ2v) is 18.7. The molecule has 3 unspecified atom stereocenters. The lowest BCUT2D eigenvalue weighted by Crippen LogP contribution is -2.49. The van der Waals surface area contributed by atoms with Gasteiger partial charge in [-0.25, -0.2) is 14.4 Å². The number of imide groups is 1. The molecule has 2 aromatic carbocycles. The molecule has 0 saturated carbocycles. The molecule has 17 nitrogen and oxygen atoms in total. The lowest BCUT2D eigenvalue weighted by Gasteiger charge is -2.44. The summed E-state index contributed by atoms with van der Waals surface area (Å²) in [6, 6.07) is 14.2. The molecule has 1 saturated heterocycles. The second-order valence-electron chi connectivity index (χ2n) is 18.7. The van der Waals surface area contributed by atoms with Crippen molar-refractivity contribution in [1.29, 1.82) is 5.26 Å². The van der Waals surface area contributed by atoms with Gasteiger partial charge in [-0.2, -0.15) is 5.26 Å². The number of amides is 7. The maximum absolute atomic E-state index is 14.0. The van der Waals surface area contributed by atoms with E-state index in [1.54, 1.807) is 99.6 Å². The van der Waals surface area contributed by atoms with Crippen LogP contribution in [0.25, 0.3) is 0 Å². The number of nitrogens with zero attached hydrogens (tertiary/aromatic N) is 2. The number of urea groups is 3. The van der Waals surface area contributed by atoms with Gasteiger partial charge in [0.15, 0.2) is 0 Å². The van der Waals surface area contributed by atoms with Gasteiger partial charge in [0.1, 0.15) is 18.2 Å². The van der Waals surface area contributed by atoms with E-state index in [9.17, 15) is 43.9 Å². The van der Waals surface area contributed by atoms with Gasteiger partial charge in [-0.3, -0.25) is 24.1 Å². The number of aliphatic carboxylic acids is 1. The number of ether oxygens (including phenoxy) is 2. The highest BCUT2D eigenvalue weighted by Crippen LogP contribution is 2.50. The van der Waals surface area contributed by atoms with E-state index in [1.807, 2.05) is 31.2 Å². The molecule has 344 valence electrons. The maximum atomic E-state index is 14.0. The Hall–Kier alpha value is -6.18. The highest BCUT2D eigenvalue weighted by molar-refractivity contribution is 6.06. The molecule has 2 aromatic rings. The summed E-state index contributed by atoms with van der Waals surface area (Å²) >= 11 is 0. The van der Waals surface area contributed by atoms with Crippen molar-refractivity contribution >= 4 is 47.6 Å². The first kappa shape index (κ1) is 51.2. The number of anilines is 1. The molecule has 3 atom stereocenters. The largest absolute Gasteiger partial charge is 0.481 e. The fraction of sp³-hybridized carbons (Fsp3) is 0.565. The minimum atomic E-state index is -1.36. The minimum Gasteiger partial charge on any atom is -0.481 e. The molecule has 1 aliphatic rings. The summed E-state index contributed by atoms with van der Waals surface area (Å²) in [6.45, 7) is 18.6. The van der Waals surface area contributed by atoms with Gasteiger partial charge in [0.25, 0.3) is 5.91 Å². The van der Waals surface area contributed by atoms with Gasteiger partial charge in [-0.1, -0.05) is 50.2 Å². The number of carbonyl (C=O) groups is 7. The van der Waals surface area contributed by atoms with Crippen LogP contribution >= 0.6 is 0 Å². The van der Waals surface area contributed by atoms with Gasteiger partial charge in [0.2, 0.25) is 0 Å². The predicted molar refractivity (Wildman–Crippen MR) is 235 cm³/mol. The van der Waals surface area contributed by atoms with Crippen LogP contribution in [0.5, 0.6) is 0 Å². The number of esters is 2. The van der Waals surface area contributed by atoms with Crippen LogP contribution in [0.2, 0.25) is 0 Å². The number of benzene rings is 2. The summed E-state index contributed by atoms with van der Waals surface area (Å²) in [5, 5.41) is 33.2. The quantitative estimate of drug-likeness (QED) is 0.0461. The molecule has 1 fully saturated rings. The Morgan fingerprint density at radius 3 is 2.03 bits per heavy atom. The molecule has 0 bridgehead atoms. The number of carboxylic acid groups (broad SMARTS) is 1. The molecule has 6 N–H and O–H groups in total. The maximum Gasteiger partial charge on any atom is 0.325 e. The SMILES string of the molecule is CCOC(=O)C(C)(CC(C)(CC)C(=O)O)CC(C)(CC(C)(C)C(=O)OCCNC(=O)Nc1ccccc1C#N)c1cccc(C(C)(C)NC(=O)NCCN2C(=O)NC(C)(C)C2=O)c1. The van der Waals surface area contributed by atoms with Crippen LogP contribution in [0, 0.1) is 27.6 Å². The van der Waals surface area contributed by atoms with Crippen LogP contribution in [0.4, 0.5) is 20.1 Å². The summed E-state index contributed by atoms with van der Waals surface area (Å²) in [4.78, 5) is 92.3. The fourth-order valence-electron chi connectivity index (χ4n) is 8.25. The Labute approximate surface area is 370 Å². The van der Waals surface area contributed by atoms with Gasteiger partial charge in [0, 0.05) is 13.1 Å². The van der Waals surface area contributed by atoms with Crippen LogP contribution < -0.4 is 26.6 Å². The summed E-state index contributed by atoms with van der Waals surface area (Å²) in [7, 11) is 0. The fourth-order valence-corrected chi connectivity index (χ4v) is 8.25. The minimum absolute atomic E-state index is 0.0000398. The van der Waals surface area contributed by atoms with Crippen LogP contribution in [-0.2, 0) is 39.6 Å². The zero-order valence-electron chi connectivity index (χ0n) is 38.5. The number of hydrogen-bond donors (Lipinski definition) is 6. The molecule has 0 aliphatic carbocycles. The summed E-state index contributed by atoms with van der Waals surface area (Å²) in [5.41, 5.74) is -4.96. The normalized spacial score (nSPS) is 16.5. The van der Waals surface area contributed by atoms with E-state index in [0.717, 1.165) is 4.90 Å². The topological polar surface area (TPSA) is 245 Å². The van der Waals surface area contributed by atoms with Crippen molar-refractivity contribution in [3.8, 4) is 6.07 Å². The van der Waals surface area contributed by atoms with Crippen LogP contribution in [0.15, 0.2) is 48.5 Å². The smallest absolute Gasteiger partial charge is 0.325 e. The summed E-state index contributed by atoms with van der Waals surface area (Å²) < 4.78 is 11.3. The van der Waals surface area contributed by atoms with E-state index in [2.05, 4.69) is 26.6 Å². The number of para-hydroxylation sites is 1. The molecule has 17 heteroatoms. The Morgan fingerprint density at radius 2 is 1.44 bits per heavy atom. The van der Waals surface area contributed by atoms with Crippen LogP contribution in [-0.4, -0.2) is 90.3 Å². The van der Waals surface area contributed by atoms with Crippen molar-refractivity contribution in [2.75, 3.05) is 38.2 Å². The van der Waals surface area contributed by atoms with Crippen LogP contribution in [0.1, 0.15) is 119 Å². The molecular weight excluding hydrogens is 811 g/mol. The number of carbonyl (C=O) groups excluding carboxylic acids is 6. The zero-order chi connectivity index (χ0) is 47.6. The molecule has 0 radical (unpaired) electrons. The lowest BCUT2D eigenvalue weighted by atomic mass is 9.59. The van der Waals surface area contributed by atoms with Gasteiger partial charge < -0.3 is 41.2 Å². The molecule has 7 amide bonds. The monoisotopic (exact) mass is 875 g/mol. The van der Waals surface area contributed by atoms with E-state index in [-0.39, 0.29) is 64.1 Å². The second kappa shape index (κ2) is 20.3. The number of carboxylic acids is 1. The van der Waals surface area contributed by atoms with Gasteiger partial charge in [-0.05, 0) is 117 Å². The highest BCUT2D eigenvalue weighted by atomic mass is 16.5. The molecule has 63 heavy (non-hydrogen) atoms. The van der Waals surface area contributed by atoms with E-state index in [1.165, 1.54) is 0 Å². The molecule has 0 spiro atoms. The lowest BCUT2D eigenvalue weighted by molar-refractivity contribution is -0.162. The number of rotatable bonds is 21. The van der Waals surface area contributed by atoms with Crippen molar-refractivity contribution in [3.05, 3.63) is 65.2 Å². The van der Waals surface area contributed by atoms with E-state index in [0.29, 0.717) is 16.8 Å². The zero-order valence-corrected chi connectivity index (χ0v) is 38.5. The van der Waals surface area contributed by atoms with E-state index >= 15 is 0 Å². The first-order chi connectivity index (χ1) is 29.2. The van der Waals surface area contributed by atoms with E-state index in [4.69, 9.17) is 9.47 Å². The van der Waals surface area contributed by atoms with Crippen molar-refractivity contribution < 1.29 is 48.1 Å². The molecule has 3 rings (SSSR count). The van der Waals surface area contributed by atoms with Gasteiger partial charge in [0.05, 0.1) is 46.2 Å². The van der Waals surface area contributed by atoms with Gasteiger partial charge in [-0.15, -0.1) is 0 Å². The third kappa shape index (κ3) is 12.9. The number of hydrogen-bond acceptors (Lipinski definition) is 10. The van der Waals surface area contributed by atoms with Crippen molar-refractivity contribution in [3.63, 3.8) is 0 Å². The average Bonchev–Trinajstić information content (AvgIpc) is 3.40. The standard InChI is InChI=1S/C46H65N7O10/c1-12-44(9,35(55)56)28-46(11,37(58)62-13-2)29-45(10,27-41(3,4)36(57)63-24-22-49-38(59)50-33-20-15-14-17-30(33)26-47)32-19-16-18-31(25-32)42(5,6)51-39(60)48-21-23-53-34(54)43(7,8)52-40(53)61/h14-20,25H,12-13,21-24,27-29H2,1-11H3,(H,52,61)(H,55,56)(H2,48,51,60)(H2,49,50,59). The third-order valence-corrected chi connectivity index (χ3v) is 11.7. The third-order valence-electron chi connectivity index (χ3n) is 11.7. The predicted octanol–water partition coefficient (Wildman–Crippen LogP) is 6.31. The molecule has 1 heterocycles. The number of nitrogens with one attached hydrogen (secondary N) is 5. The van der Waals surface area contributed by atoms with Crippen molar-refractivity contribution in [1.82, 2.24) is 26.2 Å². The Kier molecular flexibility index (Phi) is 16.5. The Balaban J connectivity index is 1.92. The first-order valence-electron chi connectivity index (χ1n) is 21.1. The Morgan fingerprint density at radius 1 is 0.810 bits per heavy atom. The highest BCUT2D eigenvalue weighted by Gasteiger charge is 2.51. The molecular formula is C46H65N7O10. The Bertz CT molecular complexity index is 2100. The van der Waals surface area contributed by atoms with Crippen LogP contribution in [0.3, 0.4) is 0 Å². The number of nitriles is 1. The summed E-state index contributed by atoms with van der Waals surface area (Å²) in [6.07, 6.45) is 0.341. The average molecular weight is 876 g/mol. The molecule has 0 aromatic heterocycles. The van der Waals surface area contributed by atoms with E-state index < -0.39 is 74.6 Å².